The van der Waals surface area contributed by atoms with Crippen molar-refractivity contribution in [1.29, 1.82) is 0 Å². The molecule has 0 saturated carbocycles. The van der Waals surface area contributed by atoms with Gasteiger partial charge in [0.2, 0.25) is 5.91 Å². The summed E-state index contributed by atoms with van der Waals surface area (Å²) in [6.45, 7) is 0.999. The molecule has 2 aromatic carbocycles. The highest BCUT2D eigenvalue weighted by Crippen LogP contribution is 2.29. The van der Waals surface area contributed by atoms with E-state index in [0.29, 0.717) is 48.0 Å². The predicted octanol–water partition coefficient (Wildman–Crippen LogP) is 3.36. The van der Waals surface area contributed by atoms with Crippen molar-refractivity contribution in [2.75, 3.05) is 27.3 Å². The number of hydrogen-bond acceptors (Lipinski definition) is 5. The van der Waals surface area contributed by atoms with E-state index in [1.807, 2.05) is 18.2 Å². The molecule has 0 spiro atoms. The number of ether oxygens (including phenoxy) is 2. The van der Waals surface area contributed by atoms with Crippen LogP contribution >= 0.6 is 11.6 Å². The van der Waals surface area contributed by atoms with Crippen LogP contribution in [0.1, 0.15) is 28.8 Å². The third-order valence-corrected chi connectivity index (χ3v) is 5.41. The maximum absolute atomic E-state index is 12.8. The first kappa shape index (κ1) is 21.6. The molecule has 8 heteroatoms. The number of methoxy groups -OCH3 is 2. The van der Waals surface area contributed by atoms with Gasteiger partial charge in [0.25, 0.3) is 5.91 Å². The molecule has 1 fully saturated rings. The fourth-order valence-electron chi connectivity index (χ4n) is 3.33. The summed E-state index contributed by atoms with van der Waals surface area (Å²) < 4.78 is 10.5. The first-order valence-electron chi connectivity index (χ1n) is 9.62. The number of rotatable bonds is 6. The second-order valence-electron chi connectivity index (χ2n) is 6.89. The first-order valence-corrected chi connectivity index (χ1v) is 10.00. The molecule has 2 amide bonds. The summed E-state index contributed by atoms with van der Waals surface area (Å²) in [7, 11) is 3.08. The van der Waals surface area contributed by atoms with E-state index in [1.165, 1.54) is 13.3 Å². The van der Waals surface area contributed by atoms with Gasteiger partial charge >= 0.3 is 0 Å². The maximum Gasteiger partial charge on any atom is 0.253 e. The molecule has 3 rings (SSSR count). The van der Waals surface area contributed by atoms with Crippen molar-refractivity contribution in [3.63, 3.8) is 0 Å². The van der Waals surface area contributed by atoms with Crippen molar-refractivity contribution in [2.45, 2.75) is 12.8 Å². The highest BCUT2D eigenvalue weighted by Gasteiger charge is 2.28. The summed E-state index contributed by atoms with van der Waals surface area (Å²) in [6, 6.07) is 12.3. The van der Waals surface area contributed by atoms with E-state index in [9.17, 15) is 9.59 Å². The molecule has 2 aromatic rings. The van der Waals surface area contributed by atoms with Gasteiger partial charge in [-0.2, -0.15) is 5.10 Å². The monoisotopic (exact) mass is 429 g/mol. The molecule has 1 aliphatic rings. The van der Waals surface area contributed by atoms with Gasteiger partial charge < -0.3 is 14.4 Å². The molecule has 0 atom stereocenters. The van der Waals surface area contributed by atoms with E-state index in [4.69, 9.17) is 21.1 Å². The van der Waals surface area contributed by atoms with Crippen molar-refractivity contribution < 1.29 is 19.1 Å². The number of hydrazone groups is 1. The second-order valence-corrected chi connectivity index (χ2v) is 7.30. The first-order chi connectivity index (χ1) is 14.5. The molecular formula is C22H24ClN3O4. The molecule has 0 bridgehead atoms. The van der Waals surface area contributed by atoms with E-state index in [-0.39, 0.29) is 17.7 Å². The minimum Gasteiger partial charge on any atom is -0.493 e. The van der Waals surface area contributed by atoms with Crippen LogP contribution in [0.15, 0.2) is 47.6 Å². The number of nitrogens with zero attached hydrogens (tertiary/aromatic N) is 2. The Morgan fingerprint density at radius 2 is 1.80 bits per heavy atom. The van der Waals surface area contributed by atoms with Gasteiger partial charge in [-0.15, -0.1) is 0 Å². The minimum atomic E-state index is -0.192. The lowest BCUT2D eigenvalue weighted by Crippen LogP contribution is -2.42. The summed E-state index contributed by atoms with van der Waals surface area (Å²) >= 11 is 6.06. The fourth-order valence-corrected chi connectivity index (χ4v) is 3.52. The molecule has 0 unspecified atom stereocenters. The van der Waals surface area contributed by atoms with Crippen molar-refractivity contribution in [3.05, 3.63) is 58.6 Å². The minimum absolute atomic E-state index is 0.0912. The average Bonchev–Trinajstić information content (AvgIpc) is 2.79. The van der Waals surface area contributed by atoms with Crippen LogP contribution in [0.4, 0.5) is 0 Å². The topological polar surface area (TPSA) is 80.2 Å². The standard InChI is InChI=1S/C22H24ClN3O4/c1-29-19-8-7-16(13-20(19)30-2)22(28)26-11-9-15(10-12-26)21(27)25-24-14-17-5-3-4-6-18(17)23/h3-8,13-15H,9-12H2,1-2H3,(H,25,27)/b24-14-. The molecule has 1 saturated heterocycles. The molecular weight excluding hydrogens is 406 g/mol. The summed E-state index contributed by atoms with van der Waals surface area (Å²) in [4.78, 5) is 26.9. The Morgan fingerprint density at radius 3 is 2.47 bits per heavy atom. The molecule has 1 aliphatic heterocycles. The Bertz CT molecular complexity index is 940. The van der Waals surface area contributed by atoms with Gasteiger partial charge in [-0.05, 0) is 37.1 Å². The Balaban J connectivity index is 1.53. The largest absolute Gasteiger partial charge is 0.493 e. The number of carbonyl (C=O) groups excluding carboxylic acids is 2. The van der Waals surface area contributed by atoms with Crippen LogP contribution in [0.5, 0.6) is 11.5 Å². The third kappa shape index (κ3) is 5.10. The van der Waals surface area contributed by atoms with Crippen LogP contribution in [0.25, 0.3) is 0 Å². The van der Waals surface area contributed by atoms with Gasteiger partial charge in [-0.3, -0.25) is 9.59 Å². The molecule has 7 nitrogen and oxygen atoms in total. The van der Waals surface area contributed by atoms with Crippen LogP contribution in [0.3, 0.4) is 0 Å². The highest BCUT2D eigenvalue weighted by molar-refractivity contribution is 6.33. The molecule has 0 aliphatic carbocycles. The van der Waals surface area contributed by atoms with Crippen molar-refractivity contribution in [3.8, 4) is 11.5 Å². The van der Waals surface area contributed by atoms with E-state index in [2.05, 4.69) is 10.5 Å². The Kier molecular flexibility index (Phi) is 7.30. The number of amides is 2. The van der Waals surface area contributed by atoms with E-state index in [0.717, 1.165) is 5.56 Å². The van der Waals surface area contributed by atoms with Crippen molar-refractivity contribution in [1.82, 2.24) is 10.3 Å². The summed E-state index contributed by atoms with van der Waals surface area (Å²) in [5.74, 6) is 0.640. The zero-order valence-electron chi connectivity index (χ0n) is 16.9. The quantitative estimate of drug-likeness (QED) is 0.564. The van der Waals surface area contributed by atoms with Crippen LogP contribution in [0, 0.1) is 5.92 Å². The zero-order valence-corrected chi connectivity index (χ0v) is 17.7. The van der Waals surface area contributed by atoms with E-state index in [1.54, 1.807) is 36.3 Å². The zero-order chi connectivity index (χ0) is 21.5. The number of halogens is 1. The van der Waals surface area contributed by atoms with Crippen LogP contribution < -0.4 is 14.9 Å². The summed E-state index contributed by atoms with van der Waals surface area (Å²) in [6.07, 6.45) is 2.68. The lowest BCUT2D eigenvalue weighted by Gasteiger charge is -2.31. The molecule has 30 heavy (non-hydrogen) atoms. The Labute approximate surface area is 180 Å². The Hall–Kier alpha value is -3.06. The normalized spacial score (nSPS) is 14.6. The smallest absolute Gasteiger partial charge is 0.253 e. The lowest BCUT2D eigenvalue weighted by atomic mass is 9.95. The lowest BCUT2D eigenvalue weighted by molar-refractivity contribution is -0.126. The van der Waals surface area contributed by atoms with Gasteiger partial charge in [0.05, 0.1) is 20.4 Å². The van der Waals surface area contributed by atoms with Crippen LogP contribution in [-0.2, 0) is 4.79 Å². The second kappa shape index (κ2) is 10.1. The van der Waals surface area contributed by atoms with Crippen LogP contribution in [-0.4, -0.2) is 50.2 Å². The summed E-state index contributed by atoms with van der Waals surface area (Å²) in [5, 5.41) is 4.57. The third-order valence-electron chi connectivity index (χ3n) is 5.07. The maximum atomic E-state index is 12.8. The molecule has 0 radical (unpaired) electrons. The van der Waals surface area contributed by atoms with Gasteiger partial charge in [0.1, 0.15) is 0 Å². The average molecular weight is 430 g/mol. The summed E-state index contributed by atoms with van der Waals surface area (Å²) in [5.41, 5.74) is 3.83. The van der Waals surface area contributed by atoms with Crippen LogP contribution in [0.2, 0.25) is 5.02 Å². The number of piperidine rings is 1. The number of carbonyl (C=O) groups is 2. The number of hydrogen-bond donors (Lipinski definition) is 1. The Morgan fingerprint density at radius 1 is 1.10 bits per heavy atom. The predicted molar refractivity (Wildman–Crippen MR) is 115 cm³/mol. The molecule has 1 N–H and O–H groups in total. The van der Waals surface area contributed by atoms with Gasteiger partial charge in [-0.1, -0.05) is 29.8 Å². The number of benzene rings is 2. The highest BCUT2D eigenvalue weighted by atomic mass is 35.5. The molecule has 1 heterocycles. The number of nitrogens with one attached hydrogen (secondary N) is 1. The van der Waals surface area contributed by atoms with Gasteiger partial charge in [0, 0.05) is 35.2 Å². The van der Waals surface area contributed by atoms with Gasteiger partial charge in [-0.25, -0.2) is 5.43 Å². The fraction of sp³-hybridized carbons (Fsp3) is 0.318. The number of likely N-dealkylation sites (tertiary alicyclic amines) is 1. The van der Waals surface area contributed by atoms with E-state index >= 15 is 0 Å². The van der Waals surface area contributed by atoms with Crippen molar-refractivity contribution in [2.24, 2.45) is 11.0 Å². The SMILES string of the molecule is COc1ccc(C(=O)N2CCC(C(=O)N/N=C\c3ccccc3Cl)CC2)cc1OC. The van der Waals surface area contributed by atoms with E-state index < -0.39 is 0 Å². The van der Waals surface area contributed by atoms with Crippen molar-refractivity contribution >= 4 is 29.6 Å². The van der Waals surface area contributed by atoms with Gasteiger partial charge in [0.15, 0.2) is 11.5 Å². The molecule has 158 valence electrons. The molecule has 0 aromatic heterocycles.